The van der Waals surface area contributed by atoms with Gasteiger partial charge in [0.25, 0.3) is 0 Å². The van der Waals surface area contributed by atoms with Gasteiger partial charge in [-0.2, -0.15) is 0 Å². The molecule has 2 rings (SSSR count). The van der Waals surface area contributed by atoms with Crippen LogP contribution in [-0.2, 0) is 0 Å². The molecule has 2 saturated carbocycles. The molecule has 0 saturated heterocycles. The van der Waals surface area contributed by atoms with Gasteiger partial charge >= 0.3 is 6.03 Å². The summed E-state index contributed by atoms with van der Waals surface area (Å²) in [6.45, 7) is 3.01. The number of carbonyl (C=O) groups is 1. The molecular formula is C12H22N2OS. The van der Waals surface area contributed by atoms with Crippen molar-refractivity contribution in [3.8, 4) is 0 Å². The van der Waals surface area contributed by atoms with Crippen LogP contribution in [0.4, 0.5) is 4.79 Å². The summed E-state index contributed by atoms with van der Waals surface area (Å²) in [6, 6.07) is -0.259. The topological polar surface area (TPSA) is 46.3 Å². The van der Waals surface area contributed by atoms with Gasteiger partial charge in [-0.25, -0.2) is 4.79 Å². The maximum absolute atomic E-state index is 11.4. The zero-order valence-electron chi connectivity index (χ0n) is 10.0. The summed E-state index contributed by atoms with van der Waals surface area (Å²) in [6.07, 6.45) is 6.56. The lowest BCUT2D eigenvalue weighted by atomic mass is 9.98. The molecule has 3 nitrogen and oxygen atoms in total. The van der Waals surface area contributed by atoms with E-state index < -0.39 is 0 Å². The molecule has 0 radical (unpaired) electrons. The number of nitrogens with zero attached hydrogens (tertiary/aromatic N) is 1. The van der Waals surface area contributed by atoms with E-state index in [4.69, 9.17) is 5.73 Å². The molecule has 0 spiro atoms. The molecule has 0 heterocycles. The summed E-state index contributed by atoms with van der Waals surface area (Å²) >= 11 is 1.61. The number of carbonyl (C=O) groups excluding carboxylic acids is 1. The van der Waals surface area contributed by atoms with Crippen molar-refractivity contribution < 1.29 is 4.79 Å². The first kappa shape index (κ1) is 12.1. The molecular weight excluding hydrogens is 220 g/mol. The predicted octanol–water partition coefficient (Wildman–Crippen LogP) is 2.86. The van der Waals surface area contributed by atoms with Crippen LogP contribution < -0.4 is 5.73 Å². The Balaban J connectivity index is 1.84. The van der Waals surface area contributed by atoms with Gasteiger partial charge in [0, 0.05) is 12.3 Å². The standard InChI is InChI=1S/C12H22N2OS/c1-2-7-16-14(12(13)15)8-11(9-3-4-9)10-5-6-10/h9-11H,2-8H2,1H3,(H2,13,15). The third kappa shape index (κ3) is 3.30. The van der Waals surface area contributed by atoms with E-state index in [1.807, 2.05) is 0 Å². The Morgan fingerprint density at radius 3 is 2.31 bits per heavy atom. The zero-order chi connectivity index (χ0) is 11.5. The molecule has 0 bridgehead atoms. The largest absolute Gasteiger partial charge is 0.351 e. The molecule has 2 fully saturated rings. The first-order valence-corrected chi connectivity index (χ1v) is 7.36. The predicted molar refractivity (Wildman–Crippen MR) is 68.0 cm³/mol. The van der Waals surface area contributed by atoms with Gasteiger partial charge in [-0.05, 0) is 61.8 Å². The summed E-state index contributed by atoms with van der Waals surface area (Å²) in [5.74, 6) is 3.50. The van der Waals surface area contributed by atoms with Crippen molar-refractivity contribution in [2.45, 2.75) is 39.0 Å². The van der Waals surface area contributed by atoms with Crippen LogP contribution in [0, 0.1) is 17.8 Å². The number of rotatable bonds is 7. The van der Waals surface area contributed by atoms with Gasteiger partial charge in [0.1, 0.15) is 0 Å². The second-order valence-electron chi connectivity index (χ2n) is 5.07. The lowest BCUT2D eigenvalue weighted by Gasteiger charge is -2.25. The second kappa shape index (κ2) is 5.30. The van der Waals surface area contributed by atoms with E-state index in [0.717, 1.165) is 36.5 Å². The third-order valence-corrected chi connectivity index (χ3v) is 4.76. The van der Waals surface area contributed by atoms with Crippen molar-refractivity contribution >= 4 is 18.0 Å². The maximum atomic E-state index is 11.4. The Bertz CT molecular complexity index is 239. The summed E-state index contributed by atoms with van der Waals surface area (Å²) < 4.78 is 1.80. The average molecular weight is 242 g/mol. The second-order valence-corrected chi connectivity index (χ2v) is 6.18. The Labute approximate surface area is 102 Å². The fourth-order valence-corrected chi connectivity index (χ4v) is 3.14. The molecule has 0 atom stereocenters. The SMILES string of the molecule is CCCSN(CC(C1CC1)C1CC1)C(N)=O. The van der Waals surface area contributed by atoms with E-state index in [0.29, 0.717) is 0 Å². The Kier molecular flexibility index (Phi) is 4.00. The van der Waals surface area contributed by atoms with Crippen LogP contribution in [0.5, 0.6) is 0 Å². The molecule has 4 heteroatoms. The molecule has 0 aromatic heterocycles. The third-order valence-electron chi connectivity index (χ3n) is 3.53. The van der Waals surface area contributed by atoms with Crippen LogP contribution in [0.2, 0.25) is 0 Å². The van der Waals surface area contributed by atoms with E-state index in [1.165, 1.54) is 25.7 Å². The normalized spacial score (nSPS) is 20.1. The van der Waals surface area contributed by atoms with Crippen molar-refractivity contribution in [2.24, 2.45) is 23.5 Å². The van der Waals surface area contributed by atoms with Crippen molar-refractivity contribution in [1.29, 1.82) is 0 Å². The fourth-order valence-electron chi connectivity index (χ4n) is 2.33. The van der Waals surface area contributed by atoms with Crippen molar-refractivity contribution in [1.82, 2.24) is 4.31 Å². The zero-order valence-corrected chi connectivity index (χ0v) is 10.8. The number of urea groups is 1. The van der Waals surface area contributed by atoms with Crippen LogP contribution in [0.15, 0.2) is 0 Å². The molecule has 0 unspecified atom stereocenters. The van der Waals surface area contributed by atoms with E-state index in [2.05, 4.69) is 6.92 Å². The van der Waals surface area contributed by atoms with Crippen molar-refractivity contribution in [2.75, 3.05) is 12.3 Å². The molecule has 2 amide bonds. The van der Waals surface area contributed by atoms with Crippen molar-refractivity contribution in [3.63, 3.8) is 0 Å². The summed E-state index contributed by atoms with van der Waals surface area (Å²) in [5, 5.41) is 0. The van der Waals surface area contributed by atoms with Crippen molar-refractivity contribution in [3.05, 3.63) is 0 Å². The number of primary amides is 1. The highest BCUT2D eigenvalue weighted by Gasteiger charge is 2.42. The first-order chi connectivity index (χ1) is 7.72. The molecule has 92 valence electrons. The van der Waals surface area contributed by atoms with Gasteiger partial charge in [0.2, 0.25) is 0 Å². The van der Waals surface area contributed by atoms with Crippen LogP contribution in [0.25, 0.3) is 0 Å². The fraction of sp³-hybridized carbons (Fsp3) is 0.917. The minimum atomic E-state index is -0.259. The highest BCUT2D eigenvalue weighted by atomic mass is 32.2. The lowest BCUT2D eigenvalue weighted by molar-refractivity contribution is 0.225. The van der Waals surface area contributed by atoms with Crippen LogP contribution in [-0.4, -0.2) is 22.6 Å². The number of hydrogen-bond acceptors (Lipinski definition) is 2. The van der Waals surface area contributed by atoms with Gasteiger partial charge in [0.05, 0.1) is 0 Å². The minimum Gasteiger partial charge on any atom is -0.351 e. The lowest BCUT2D eigenvalue weighted by Crippen LogP contribution is -2.35. The van der Waals surface area contributed by atoms with Crippen LogP contribution >= 0.6 is 11.9 Å². The van der Waals surface area contributed by atoms with Crippen LogP contribution in [0.3, 0.4) is 0 Å². The highest BCUT2D eigenvalue weighted by Crippen LogP contribution is 2.49. The van der Waals surface area contributed by atoms with E-state index in [-0.39, 0.29) is 6.03 Å². The van der Waals surface area contributed by atoms with Gasteiger partial charge in [-0.3, -0.25) is 4.31 Å². The van der Waals surface area contributed by atoms with Crippen LogP contribution in [0.1, 0.15) is 39.0 Å². The number of hydrogen-bond donors (Lipinski definition) is 1. The Hall–Kier alpha value is -0.380. The minimum absolute atomic E-state index is 0.259. The van der Waals surface area contributed by atoms with E-state index >= 15 is 0 Å². The first-order valence-electron chi connectivity index (χ1n) is 6.42. The molecule has 2 aliphatic carbocycles. The molecule has 0 aliphatic heterocycles. The molecule has 2 aliphatic rings. The maximum Gasteiger partial charge on any atom is 0.324 e. The summed E-state index contributed by atoms with van der Waals surface area (Å²) in [7, 11) is 0. The molecule has 2 N–H and O–H groups in total. The average Bonchev–Trinajstić information content (AvgIpc) is 3.11. The van der Waals surface area contributed by atoms with Gasteiger partial charge in [0.15, 0.2) is 0 Å². The number of amides is 2. The Morgan fingerprint density at radius 1 is 1.38 bits per heavy atom. The van der Waals surface area contributed by atoms with Gasteiger partial charge in [-0.15, -0.1) is 0 Å². The van der Waals surface area contributed by atoms with E-state index in [9.17, 15) is 4.79 Å². The Morgan fingerprint density at radius 2 is 1.94 bits per heavy atom. The monoisotopic (exact) mass is 242 g/mol. The molecule has 0 aromatic rings. The number of nitrogens with two attached hydrogens (primary N) is 1. The highest BCUT2D eigenvalue weighted by molar-refractivity contribution is 7.97. The van der Waals surface area contributed by atoms with Gasteiger partial charge in [-0.1, -0.05) is 6.92 Å². The van der Waals surface area contributed by atoms with E-state index in [1.54, 1.807) is 16.3 Å². The van der Waals surface area contributed by atoms with Gasteiger partial charge < -0.3 is 5.73 Å². The summed E-state index contributed by atoms with van der Waals surface area (Å²) in [4.78, 5) is 11.4. The summed E-state index contributed by atoms with van der Waals surface area (Å²) in [5.41, 5.74) is 5.43. The molecule has 16 heavy (non-hydrogen) atoms. The molecule has 0 aromatic carbocycles. The smallest absolute Gasteiger partial charge is 0.324 e. The quantitative estimate of drug-likeness (QED) is 0.698.